The summed E-state index contributed by atoms with van der Waals surface area (Å²) in [6.45, 7) is 7.25. The molecule has 1 aliphatic heterocycles. The number of aryl methyl sites for hydroxylation is 1. The van der Waals surface area contributed by atoms with Gasteiger partial charge < -0.3 is 5.32 Å². The van der Waals surface area contributed by atoms with Crippen molar-refractivity contribution in [1.82, 2.24) is 9.80 Å². The van der Waals surface area contributed by atoms with Crippen LogP contribution in [0.2, 0.25) is 5.02 Å². The number of carbonyl (C=O) groups is 1. The maximum absolute atomic E-state index is 12.2. The van der Waals surface area contributed by atoms with Crippen molar-refractivity contribution in [2.45, 2.75) is 13.5 Å². The fourth-order valence-electron chi connectivity index (χ4n) is 3.01. The Bertz CT molecular complexity index is 709. The number of rotatable bonds is 5. The minimum absolute atomic E-state index is 0.0138. The van der Waals surface area contributed by atoms with Crippen LogP contribution in [0.1, 0.15) is 11.1 Å². The Labute approximate surface area is 154 Å². The lowest BCUT2D eigenvalue weighted by Gasteiger charge is -2.34. The summed E-state index contributed by atoms with van der Waals surface area (Å²) in [5, 5.41) is 3.46. The quantitative estimate of drug-likeness (QED) is 0.890. The molecular weight excluding hydrogens is 334 g/mol. The van der Waals surface area contributed by atoms with E-state index < -0.39 is 0 Å². The molecule has 1 N–H and O–H groups in total. The smallest absolute Gasteiger partial charge is 0.238 e. The second kappa shape index (κ2) is 8.48. The summed E-state index contributed by atoms with van der Waals surface area (Å²) in [6.07, 6.45) is 0. The average Bonchev–Trinajstić information content (AvgIpc) is 2.61. The van der Waals surface area contributed by atoms with Crippen LogP contribution in [0.4, 0.5) is 5.69 Å². The van der Waals surface area contributed by atoms with Crippen molar-refractivity contribution in [1.29, 1.82) is 0 Å². The molecule has 4 nitrogen and oxygen atoms in total. The van der Waals surface area contributed by atoms with Gasteiger partial charge >= 0.3 is 0 Å². The van der Waals surface area contributed by atoms with Crippen molar-refractivity contribution in [2.24, 2.45) is 0 Å². The fraction of sp³-hybridized carbons (Fsp3) is 0.350. The van der Waals surface area contributed by atoms with E-state index in [-0.39, 0.29) is 5.91 Å². The first-order chi connectivity index (χ1) is 12.1. The molecule has 0 spiro atoms. The summed E-state index contributed by atoms with van der Waals surface area (Å²) in [6, 6.07) is 16.0. The summed E-state index contributed by atoms with van der Waals surface area (Å²) < 4.78 is 0. The number of halogens is 1. The number of hydrogen-bond acceptors (Lipinski definition) is 3. The Hall–Kier alpha value is -1.88. The zero-order valence-electron chi connectivity index (χ0n) is 14.5. The lowest BCUT2D eigenvalue weighted by molar-refractivity contribution is -0.117. The fourth-order valence-corrected chi connectivity index (χ4v) is 3.20. The number of para-hydroxylation sites is 1. The van der Waals surface area contributed by atoms with Crippen molar-refractivity contribution in [2.75, 3.05) is 38.0 Å². The van der Waals surface area contributed by atoms with E-state index in [1.54, 1.807) is 6.07 Å². The van der Waals surface area contributed by atoms with Crippen LogP contribution < -0.4 is 5.32 Å². The van der Waals surface area contributed by atoms with E-state index in [1.807, 2.05) is 18.2 Å². The Kier molecular flexibility index (Phi) is 6.08. The van der Waals surface area contributed by atoms with Crippen molar-refractivity contribution >= 4 is 23.2 Å². The van der Waals surface area contributed by atoms with Gasteiger partial charge in [0.25, 0.3) is 0 Å². The Morgan fingerprint density at radius 3 is 2.32 bits per heavy atom. The standard InChI is InChI=1S/C20H24ClN3O/c1-16-6-8-17(9-7-16)14-23-10-12-24(13-11-23)15-20(25)22-19-5-3-2-4-18(19)21/h2-9H,10-15H2,1H3,(H,22,25). The van der Waals surface area contributed by atoms with Gasteiger partial charge in [-0.25, -0.2) is 0 Å². The molecule has 132 valence electrons. The molecule has 3 rings (SSSR count). The van der Waals surface area contributed by atoms with Gasteiger partial charge in [0.1, 0.15) is 0 Å². The first-order valence-corrected chi connectivity index (χ1v) is 9.02. The monoisotopic (exact) mass is 357 g/mol. The average molecular weight is 358 g/mol. The van der Waals surface area contributed by atoms with Gasteiger partial charge in [-0.05, 0) is 24.6 Å². The molecule has 1 saturated heterocycles. The van der Waals surface area contributed by atoms with Crippen LogP contribution in [0.25, 0.3) is 0 Å². The first-order valence-electron chi connectivity index (χ1n) is 8.65. The minimum atomic E-state index is -0.0138. The third-order valence-corrected chi connectivity index (χ3v) is 4.84. The maximum Gasteiger partial charge on any atom is 0.238 e. The Morgan fingerprint density at radius 2 is 1.64 bits per heavy atom. The van der Waals surface area contributed by atoms with E-state index in [1.165, 1.54) is 11.1 Å². The summed E-state index contributed by atoms with van der Waals surface area (Å²) in [5.74, 6) is -0.0138. The third-order valence-electron chi connectivity index (χ3n) is 4.51. The Morgan fingerprint density at radius 1 is 1.00 bits per heavy atom. The highest BCUT2D eigenvalue weighted by molar-refractivity contribution is 6.33. The van der Waals surface area contributed by atoms with Crippen molar-refractivity contribution in [3.05, 3.63) is 64.7 Å². The van der Waals surface area contributed by atoms with Crippen LogP contribution in [0.15, 0.2) is 48.5 Å². The lowest BCUT2D eigenvalue weighted by atomic mass is 10.1. The minimum Gasteiger partial charge on any atom is -0.324 e. The van der Waals surface area contributed by atoms with Crippen LogP contribution >= 0.6 is 11.6 Å². The second-order valence-corrected chi connectivity index (χ2v) is 6.97. The number of hydrogen-bond donors (Lipinski definition) is 1. The maximum atomic E-state index is 12.2. The summed E-state index contributed by atoms with van der Waals surface area (Å²) in [4.78, 5) is 16.8. The number of carbonyl (C=O) groups excluding carboxylic acids is 1. The van der Waals surface area contributed by atoms with Crippen LogP contribution in [-0.4, -0.2) is 48.4 Å². The van der Waals surface area contributed by atoms with E-state index in [9.17, 15) is 4.79 Å². The summed E-state index contributed by atoms with van der Waals surface area (Å²) in [7, 11) is 0. The number of piperazine rings is 1. The highest BCUT2D eigenvalue weighted by atomic mass is 35.5. The van der Waals surface area contributed by atoms with Gasteiger partial charge in [0, 0.05) is 32.7 Å². The largest absolute Gasteiger partial charge is 0.324 e. The molecule has 0 radical (unpaired) electrons. The number of nitrogens with zero attached hydrogens (tertiary/aromatic N) is 2. The molecule has 0 aromatic heterocycles. The molecular formula is C20H24ClN3O. The SMILES string of the molecule is Cc1ccc(CN2CCN(CC(=O)Nc3ccccc3Cl)CC2)cc1. The van der Waals surface area contributed by atoms with Gasteiger partial charge in [-0.2, -0.15) is 0 Å². The Balaban J connectivity index is 1.43. The third kappa shape index (κ3) is 5.30. The normalized spacial score (nSPS) is 15.9. The van der Waals surface area contributed by atoms with E-state index in [2.05, 4.69) is 46.3 Å². The predicted molar refractivity (Wildman–Crippen MR) is 103 cm³/mol. The van der Waals surface area contributed by atoms with Crippen LogP contribution in [0, 0.1) is 6.92 Å². The molecule has 0 saturated carbocycles. The molecule has 0 atom stereocenters. The van der Waals surface area contributed by atoms with Gasteiger partial charge in [0.15, 0.2) is 0 Å². The van der Waals surface area contributed by atoms with E-state index in [0.717, 1.165) is 32.7 Å². The molecule has 0 bridgehead atoms. The topological polar surface area (TPSA) is 35.6 Å². The summed E-state index contributed by atoms with van der Waals surface area (Å²) >= 11 is 6.08. The zero-order valence-corrected chi connectivity index (χ0v) is 15.3. The van der Waals surface area contributed by atoms with Crippen LogP contribution in [0.5, 0.6) is 0 Å². The van der Waals surface area contributed by atoms with Gasteiger partial charge in [-0.3, -0.25) is 14.6 Å². The van der Waals surface area contributed by atoms with Crippen LogP contribution in [-0.2, 0) is 11.3 Å². The molecule has 25 heavy (non-hydrogen) atoms. The van der Waals surface area contributed by atoms with Crippen molar-refractivity contribution in [3.8, 4) is 0 Å². The number of amides is 1. The van der Waals surface area contributed by atoms with Gasteiger partial charge in [0.2, 0.25) is 5.91 Å². The molecule has 1 amide bonds. The number of nitrogens with one attached hydrogen (secondary N) is 1. The van der Waals surface area contributed by atoms with Crippen molar-refractivity contribution < 1.29 is 4.79 Å². The van der Waals surface area contributed by atoms with Gasteiger partial charge in [0.05, 0.1) is 17.3 Å². The number of anilines is 1. The predicted octanol–water partition coefficient (Wildman–Crippen LogP) is 3.40. The first kappa shape index (κ1) is 17.9. The van der Waals surface area contributed by atoms with E-state index in [4.69, 9.17) is 11.6 Å². The number of benzene rings is 2. The zero-order chi connectivity index (χ0) is 17.6. The highest BCUT2D eigenvalue weighted by Gasteiger charge is 2.19. The molecule has 1 aliphatic rings. The molecule has 2 aromatic rings. The van der Waals surface area contributed by atoms with Crippen LogP contribution in [0.3, 0.4) is 0 Å². The van der Waals surface area contributed by atoms with Crippen molar-refractivity contribution in [3.63, 3.8) is 0 Å². The molecule has 1 heterocycles. The van der Waals surface area contributed by atoms with Gasteiger partial charge in [-0.1, -0.05) is 53.6 Å². The summed E-state index contributed by atoms with van der Waals surface area (Å²) in [5.41, 5.74) is 3.31. The second-order valence-electron chi connectivity index (χ2n) is 6.57. The molecule has 0 unspecified atom stereocenters. The molecule has 5 heteroatoms. The lowest BCUT2D eigenvalue weighted by Crippen LogP contribution is -2.48. The molecule has 2 aromatic carbocycles. The highest BCUT2D eigenvalue weighted by Crippen LogP contribution is 2.20. The van der Waals surface area contributed by atoms with E-state index >= 15 is 0 Å². The molecule has 1 fully saturated rings. The van der Waals surface area contributed by atoms with E-state index in [0.29, 0.717) is 17.3 Å². The molecule has 0 aliphatic carbocycles. The van der Waals surface area contributed by atoms with Gasteiger partial charge in [-0.15, -0.1) is 0 Å².